The minimum atomic E-state index is -4.58. The molecular formula is C21H20F4N4O2. The number of benzene rings is 1. The van der Waals surface area contributed by atoms with Gasteiger partial charge in [0, 0.05) is 25.0 Å². The van der Waals surface area contributed by atoms with Gasteiger partial charge < -0.3 is 4.90 Å². The molecule has 1 aromatic heterocycles. The Balaban J connectivity index is 1.42. The molecule has 1 N–H and O–H groups in total. The third-order valence-corrected chi connectivity index (χ3v) is 5.46. The molecule has 1 heterocycles. The Bertz CT molecular complexity index is 1020. The van der Waals surface area contributed by atoms with Gasteiger partial charge in [-0.1, -0.05) is 12.1 Å². The van der Waals surface area contributed by atoms with Gasteiger partial charge in [-0.2, -0.15) is 13.2 Å². The Kier molecular flexibility index (Phi) is 5.18. The first-order valence-electron chi connectivity index (χ1n) is 9.85. The van der Waals surface area contributed by atoms with Crippen LogP contribution in [0, 0.1) is 0 Å². The minimum absolute atomic E-state index is 0.212. The standard InChI is InChI=1S/C21H20F4N4O2/c1-29(11-17(30)28-19-26-9-14(10-27-19)21(23,24)25)18(31)15-5-4-13(20(22)6-7-20)8-16(15)12-2-3-12/h4-5,8-10,12H,2-3,6-7,11H2,1H3,(H,26,27,28,30). The van der Waals surface area contributed by atoms with Crippen LogP contribution in [0.25, 0.3) is 0 Å². The SMILES string of the molecule is CN(CC(=O)Nc1ncc(C(F)(F)F)cn1)C(=O)c1ccc(C2(F)CC2)cc1C1CC1. The Morgan fingerprint density at radius 1 is 1.19 bits per heavy atom. The highest BCUT2D eigenvalue weighted by Gasteiger charge is 2.45. The number of hydrogen-bond donors (Lipinski definition) is 1. The number of carbonyl (C=O) groups excluding carboxylic acids is 2. The van der Waals surface area contributed by atoms with E-state index in [9.17, 15) is 27.2 Å². The second-order valence-corrected chi connectivity index (χ2v) is 8.04. The lowest BCUT2D eigenvalue weighted by molar-refractivity contribution is -0.138. The van der Waals surface area contributed by atoms with E-state index in [0.29, 0.717) is 36.4 Å². The summed E-state index contributed by atoms with van der Waals surface area (Å²) in [5.41, 5.74) is -0.513. The van der Waals surface area contributed by atoms with Gasteiger partial charge in [-0.3, -0.25) is 14.9 Å². The molecule has 10 heteroatoms. The van der Waals surface area contributed by atoms with E-state index in [1.54, 1.807) is 18.2 Å². The average Bonchev–Trinajstić information content (AvgIpc) is 3.63. The van der Waals surface area contributed by atoms with Crippen LogP contribution >= 0.6 is 0 Å². The Hall–Kier alpha value is -3.04. The largest absolute Gasteiger partial charge is 0.419 e. The zero-order valence-electron chi connectivity index (χ0n) is 16.7. The molecule has 31 heavy (non-hydrogen) atoms. The van der Waals surface area contributed by atoms with E-state index in [1.807, 2.05) is 0 Å². The number of likely N-dealkylation sites (N-methyl/N-ethyl adjacent to an activating group) is 1. The zero-order chi connectivity index (χ0) is 22.4. The molecule has 164 valence electrons. The molecule has 2 aliphatic rings. The number of anilines is 1. The topological polar surface area (TPSA) is 75.2 Å². The molecular weight excluding hydrogens is 416 g/mol. The van der Waals surface area contributed by atoms with E-state index >= 15 is 0 Å². The summed E-state index contributed by atoms with van der Waals surface area (Å²) in [7, 11) is 1.44. The Morgan fingerprint density at radius 3 is 2.39 bits per heavy atom. The van der Waals surface area contributed by atoms with Crippen molar-refractivity contribution in [3.63, 3.8) is 0 Å². The highest BCUT2D eigenvalue weighted by molar-refractivity contribution is 5.99. The van der Waals surface area contributed by atoms with Gasteiger partial charge >= 0.3 is 6.18 Å². The number of carbonyl (C=O) groups is 2. The Morgan fingerprint density at radius 2 is 1.84 bits per heavy atom. The van der Waals surface area contributed by atoms with E-state index in [2.05, 4.69) is 15.3 Å². The van der Waals surface area contributed by atoms with Gasteiger partial charge in [-0.15, -0.1) is 0 Å². The van der Waals surface area contributed by atoms with Gasteiger partial charge in [-0.25, -0.2) is 14.4 Å². The molecule has 0 atom stereocenters. The number of rotatable bonds is 6. The summed E-state index contributed by atoms with van der Waals surface area (Å²) in [5.74, 6) is -1.12. The predicted molar refractivity (Wildman–Crippen MR) is 103 cm³/mol. The monoisotopic (exact) mass is 436 g/mol. The van der Waals surface area contributed by atoms with Crippen molar-refractivity contribution in [1.29, 1.82) is 0 Å². The summed E-state index contributed by atoms with van der Waals surface area (Å²) in [6.45, 7) is -0.345. The van der Waals surface area contributed by atoms with Crippen molar-refractivity contribution in [3.05, 3.63) is 52.8 Å². The van der Waals surface area contributed by atoms with E-state index in [0.717, 1.165) is 18.4 Å². The van der Waals surface area contributed by atoms with E-state index in [1.165, 1.54) is 11.9 Å². The number of nitrogens with zero attached hydrogens (tertiary/aromatic N) is 3. The third-order valence-electron chi connectivity index (χ3n) is 5.46. The van der Waals surface area contributed by atoms with Crippen molar-refractivity contribution in [2.75, 3.05) is 18.9 Å². The molecule has 6 nitrogen and oxygen atoms in total. The van der Waals surface area contributed by atoms with Gasteiger partial charge in [0.15, 0.2) is 0 Å². The molecule has 2 amide bonds. The second-order valence-electron chi connectivity index (χ2n) is 8.04. The highest BCUT2D eigenvalue weighted by atomic mass is 19.4. The van der Waals surface area contributed by atoms with Gasteiger partial charge in [0.05, 0.1) is 12.1 Å². The number of halogens is 4. The summed E-state index contributed by atoms with van der Waals surface area (Å²) in [6, 6.07) is 5.00. The molecule has 0 spiro atoms. The van der Waals surface area contributed by atoms with Crippen molar-refractivity contribution in [2.24, 2.45) is 0 Å². The molecule has 4 rings (SSSR count). The van der Waals surface area contributed by atoms with Crippen molar-refractivity contribution in [3.8, 4) is 0 Å². The summed E-state index contributed by atoms with van der Waals surface area (Å²) in [6.07, 6.45) is -0.619. The molecule has 0 radical (unpaired) electrons. The summed E-state index contributed by atoms with van der Waals surface area (Å²) in [5, 5.41) is 2.27. The van der Waals surface area contributed by atoms with Gasteiger partial charge in [0.1, 0.15) is 5.67 Å². The van der Waals surface area contributed by atoms with Crippen molar-refractivity contribution in [2.45, 2.75) is 43.4 Å². The van der Waals surface area contributed by atoms with Crippen LogP contribution in [-0.2, 0) is 16.6 Å². The zero-order valence-corrected chi connectivity index (χ0v) is 16.7. The summed E-state index contributed by atoms with van der Waals surface area (Å²) in [4.78, 5) is 33.3. The molecule has 0 aliphatic heterocycles. The number of aromatic nitrogens is 2. The van der Waals surface area contributed by atoms with E-state index in [-0.39, 0.29) is 24.3 Å². The fourth-order valence-corrected chi connectivity index (χ4v) is 3.36. The molecule has 1 aromatic carbocycles. The summed E-state index contributed by atoms with van der Waals surface area (Å²) < 4.78 is 52.1. The van der Waals surface area contributed by atoms with Crippen LogP contribution in [0.4, 0.5) is 23.5 Å². The van der Waals surface area contributed by atoms with Gasteiger partial charge in [-0.05, 0) is 48.8 Å². The maximum atomic E-state index is 14.4. The lowest BCUT2D eigenvalue weighted by Crippen LogP contribution is -2.35. The van der Waals surface area contributed by atoms with Crippen molar-refractivity contribution >= 4 is 17.8 Å². The highest BCUT2D eigenvalue weighted by Crippen LogP contribution is 2.51. The first-order chi connectivity index (χ1) is 14.6. The van der Waals surface area contributed by atoms with Crippen LogP contribution in [0.3, 0.4) is 0 Å². The average molecular weight is 436 g/mol. The van der Waals surface area contributed by atoms with Crippen LogP contribution in [0.5, 0.6) is 0 Å². The number of amides is 2. The molecule has 0 unspecified atom stereocenters. The van der Waals surface area contributed by atoms with Gasteiger partial charge in [0.25, 0.3) is 5.91 Å². The fraction of sp³-hybridized carbons (Fsp3) is 0.429. The van der Waals surface area contributed by atoms with Crippen LogP contribution in [0.2, 0.25) is 0 Å². The molecule has 0 saturated heterocycles. The van der Waals surface area contributed by atoms with Gasteiger partial charge in [0.2, 0.25) is 11.9 Å². The van der Waals surface area contributed by atoms with Crippen LogP contribution in [-0.4, -0.2) is 40.3 Å². The molecule has 2 fully saturated rings. The summed E-state index contributed by atoms with van der Waals surface area (Å²) >= 11 is 0. The number of alkyl halides is 4. The smallest absolute Gasteiger partial charge is 0.332 e. The van der Waals surface area contributed by atoms with Crippen LogP contribution in [0.1, 0.15) is 58.6 Å². The van der Waals surface area contributed by atoms with Crippen molar-refractivity contribution in [1.82, 2.24) is 14.9 Å². The van der Waals surface area contributed by atoms with E-state index in [4.69, 9.17) is 0 Å². The lowest BCUT2D eigenvalue weighted by atomic mass is 9.96. The number of nitrogens with one attached hydrogen (secondary N) is 1. The maximum absolute atomic E-state index is 14.4. The quantitative estimate of drug-likeness (QED) is 0.694. The number of hydrogen-bond acceptors (Lipinski definition) is 4. The van der Waals surface area contributed by atoms with E-state index < -0.39 is 23.3 Å². The van der Waals surface area contributed by atoms with Crippen LogP contribution < -0.4 is 5.32 Å². The fourth-order valence-electron chi connectivity index (χ4n) is 3.36. The minimum Gasteiger partial charge on any atom is -0.332 e. The first-order valence-corrected chi connectivity index (χ1v) is 9.85. The van der Waals surface area contributed by atoms with Crippen LogP contribution in [0.15, 0.2) is 30.6 Å². The second kappa shape index (κ2) is 7.58. The molecule has 2 saturated carbocycles. The molecule has 2 aliphatic carbocycles. The molecule has 0 bridgehead atoms. The van der Waals surface area contributed by atoms with Crippen molar-refractivity contribution < 1.29 is 27.2 Å². The third kappa shape index (κ3) is 4.67. The lowest BCUT2D eigenvalue weighted by Gasteiger charge is -2.19. The predicted octanol–water partition coefficient (Wildman–Crippen LogP) is 4.04. The maximum Gasteiger partial charge on any atom is 0.419 e. The first kappa shape index (κ1) is 21.2. The normalized spacial score (nSPS) is 17.2. The molecule has 2 aromatic rings. The Labute approximate surface area is 175 Å².